The van der Waals surface area contributed by atoms with Gasteiger partial charge in [0.2, 0.25) is 0 Å². The highest BCUT2D eigenvalue weighted by Crippen LogP contribution is 2.30. The van der Waals surface area contributed by atoms with Gasteiger partial charge in [0.05, 0.1) is 30.4 Å². The van der Waals surface area contributed by atoms with Crippen LogP contribution in [0.4, 0.5) is 13.2 Å². The molecule has 0 saturated heterocycles. The summed E-state index contributed by atoms with van der Waals surface area (Å²) in [4.78, 5) is 15.6. The van der Waals surface area contributed by atoms with Gasteiger partial charge in [0.25, 0.3) is 0 Å². The first-order valence-corrected chi connectivity index (χ1v) is 6.00. The van der Waals surface area contributed by atoms with Crippen LogP contribution in [-0.2, 0) is 17.3 Å². The number of halogens is 3. The maximum atomic E-state index is 12.7. The molecule has 2 rings (SSSR count). The van der Waals surface area contributed by atoms with E-state index in [4.69, 9.17) is 10.00 Å². The van der Waals surface area contributed by atoms with E-state index in [9.17, 15) is 18.0 Å². The zero-order valence-electron chi connectivity index (χ0n) is 10.9. The standard InChI is InChI=1S/C13H10F3N3O2/c1-2-21-12(20)11-9(3-5-17)19-6-4-8(13(14,15)16)7-10(19)18-11/h4,6-7H,2-3H2,1H3. The molecule has 0 aromatic carbocycles. The quantitative estimate of drug-likeness (QED) is 0.817. The molecule has 8 heteroatoms. The van der Waals surface area contributed by atoms with E-state index in [0.717, 1.165) is 18.3 Å². The van der Waals surface area contributed by atoms with Crippen molar-refractivity contribution in [2.45, 2.75) is 19.5 Å². The second kappa shape index (κ2) is 5.44. The highest BCUT2D eigenvalue weighted by molar-refractivity contribution is 5.89. The molecular weight excluding hydrogens is 287 g/mol. The molecule has 0 atom stereocenters. The normalized spacial score (nSPS) is 11.4. The van der Waals surface area contributed by atoms with Crippen LogP contribution in [0.3, 0.4) is 0 Å². The van der Waals surface area contributed by atoms with E-state index in [1.54, 1.807) is 6.92 Å². The van der Waals surface area contributed by atoms with Crippen molar-refractivity contribution in [1.29, 1.82) is 5.26 Å². The van der Waals surface area contributed by atoms with Crippen LogP contribution < -0.4 is 0 Å². The van der Waals surface area contributed by atoms with Crippen LogP contribution in [0.5, 0.6) is 0 Å². The SMILES string of the molecule is CCOC(=O)c1nc2cc(C(F)(F)F)ccn2c1CC#N. The Labute approximate surface area is 117 Å². The third-order valence-electron chi connectivity index (χ3n) is 2.77. The topological polar surface area (TPSA) is 67.4 Å². The molecule has 2 aromatic heterocycles. The summed E-state index contributed by atoms with van der Waals surface area (Å²) in [6.45, 7) is 1.70. The average Bonchev–Trinajstić information content (AvgIpc) is 2.77. The molecule has 0 fully saturated rings. The third kappa shape index (κ3) is 2.81. The van der Waals surface area contributed by atoms with Crippen molar-refractivity contribution in [3.63, 3.8) is 0 Å². The predicted octanol–water partition coefficient (Wildman–Crippen LogP) is 2.60. The highest BCUT2D eigenvalue weighted by atomic mass is 19.4. The molecule has 0 radical (unpaired) electrons. The Morgan fingerprint density at radius 3 is 2.81 bits per heavy atom. The molecule has 0 bridgehead atoms. The number of pyridine rings is 1. The van der Waals surface area contributed by atoms with Crippen molar-refractivity contribution in [1.82, 2.24) is 9.38 Å². The number of nitrogens with zero attached hydrogens (tertiary/aromatic N) is 3. The number of ether oxygens (including phenoxy) is 1. The summed E-state index contributed by atoms with van der Waals surface area (Å²) in [6, 6.07) is 3.54. The summed E-state index contributed by atoms with van der Waals surface area (Å²) in [6.07, 6.45) is -3.53. The maximum absolute atomic E-state index is 12.7. The van der Waals surface area contributed by atoms with Crippen molar-refractivity contribution in [3.8, 4) is 6.07 Å². The van der Waals surface area contributed by atoms with Gasteiger partial charge in [0.15, 0.2) is 5.69 Å². The number of carbonyl (C=O) groups is 1. The smallest absolute Gasteiger partial charge is 0.416 e. The molecular formula is C13H10F3N3O2. The number of imidazole rings is 1. The zero-order chi connectivity index (χ0) is 15.6. The Bertz CT molecular complexity index is 729. The first-order chi connectivity index (χ1) is 9.88. The lowest BCUT2D eigenvalue weighted by Gasteiger charge is -2.06. The summed E-state index contributed by atoms with van der Waals surface area (Å²) < 4.78 is 44.1. The Balaban J connectivity index is 2.62. The molecule has 2 aromatic rings. The van der Waals surface area contributed by atoms with Gasteiger partial charge in [-0.05, 0) is 19.1 Å². The number of fused-ring (bicyclic) bond motifs is 1. The molecule has 2 heterocycles. The predicted molar refractivity (Wildman–Crippen MR) is 65.5 cm³/mol. The van der Waals surface area contributed by atoms with E-state index >= 15 is 0 Å². The van der Waals surface area contributed by atoms with Gasteiger partial charge in [0, 0.05) is 6.20 Å². The van der Waals surface area contributed by atoms with E-state index in [2.05, 4.69) is 4.98 Å². The fourth-order valence-corrected chi connectivity index (χ4v) is 1.88. The van der Waals surface area contributed by atoms with Crippen LogP contribution in [0.1, 0.15) is 28.7 Å². The second-order valence-corrected chi connectivity index (χ2v) is 4.10. The van der Waals surface area contributed by atoms with Crippen molar-refractivity contribution >= 4 is 11.6 Å². The zero-order valence-corrected chi connectivity index (χ0v) is 10.9. The van der Waals surface area contributed by atoms with Crippen LogP contribution in [0, 0.1) is 11.3 Å². The Morgan fingerprint density at radius 2 is 2.24 bits per heavy atom. The molecule has 0 amide bonds. The molecule has 0 saturated carbocycles. The minimum atomic E-state index is -4.51. The Morgan fingerprint density at radius 1 is 1.52 bits per heavy atom. The number of carbonyl (C=O) groups excluding carboxylic acids is 1. The minimum Gasteiger partial charge on any atom is -0.461 e. The molecule has 0 spiro atoms. The van der Waals surface area contributed by atoms with Gasteiger partial charge < -0.3 is 9.14 Å². The number of rotatable bonds is 3. The first-order valence-electron chi connectivity index (χ1n) is 6.00. The first kappa shape index (κ1) is 14.8. The van der Waals surface area contributed by atoms with Gasteiger partial charge in [-0.15, -0.1) is 0 Å². The van der Waals surface area contributed by atoms with Crippen LogP contribution in [-0.4, -0.2) is 22.0 Å². The molecule has 0 N–H and O–H groups in total. The third-order valence-corrected chi connectivity index (χ3v) is 2.77. The van der Waals surface area contributed by atoms with Gasteiger partial charge in [-0.3, -0.25) is 0 Å². The van der Waals surface area contributed by atoms with Crippen LogP contribution >= 0.6 is 0 Å². The lowest BCUT2D eigenvalue weighted by molar-refractivity contribution is -0.137. The fourth-order valence-electron chi connectivity index (χ4n) is 1.88. The van der Waals surface area contributed by atoms with Crippen molar-refractivity contribution in [2.24, 2.45) is 0 Å². The fraction of sp³-hybridized carbons (Fsp3) is 0.308. The maximum Gasteiger partial charge on any atom is 0.416 e. The summed E-state index contributed by atoms with van der Waals surface area (Å²) in [5, 5.41) is 8.79. The van der Waals surface area contributed by atoms with E-state index < -0.39 is 17.7 Å². The minimum absolute atomic E-state index is 0.0573. The van der Waals surface area contributed by atoms with Gasteiger partial charge in [-0.2, -0.15) is 18.4 Å². The summed E-state index contributed by atoms with van der Waals surface area (Å²) in [7, 11) is 0. The number of esters is 1. The van der Waals surface area contributed by atoms with E-state index in [-0.39, 0.29) is 30.1 Å². The monoisotopic (exact) mass is 297 g/mol. The summed E-state index contributed by atoms with van der Waals surface area (Å²) in [5.74, 6) is -0.764. The van der Waals surface area contributed by atoms with Gasteiger partial charge in [-0.1, -0.05) is 0 Å². The number of hydrogen-bond donors (Lipinski definition) is 0. The summed E-state index contributed by atoms with van der Waals surface area (Å²) >= 11 is 0. The van der Waals surface area contributed by atoms with Gasteiger partial charge in [-0.25, -0.2) is 9.78 Å². The Hall–Kier alpha value is -2.56. The van der Waals surface area contributed by atoms with E-state index in [1.165, 1.54) is 4.40 Å². The number of hydrogen-bond acceptors (Lipinski definition) is 4. The number of aromatic nitrogens is 2. The summed E-state index contributed by atoms with van der Waals surface area (Å²) in [5.41, 5.74) is -0.866. The van der Waals surface area contributed by atoms with Crippen LogP contribution in [0.25, 0.3) is 5.65 Å². The van der Waals surface area contributed by atoms with E-state index in [1.807, 2.05) is 6.07 Å². The van der Waals surface area contributed by atoms with Crippen molar-refractivity contribution in [3.05, 3.63) is 35.3 Å². The van der Waals surface area contributed by atoms with Gasteiger partial charge >= 0.3 is 12.1 Å². The number of nitriles is 1. The molecule has 110 valence electrons. The molecule has 0 aliphatic rings. The number of alkyl halides is 3. The van der Waals surface area contributed by atoms with Crippen molar-refractivity contribution < 1.29 is 22.7 Å². The molecule has 0 aliphatic heterocycles. The Kier molecular flexibility index (Phi) is 3.84. The highest BCUT2D eigenvalue weighted by Gasteiger charge is 2.31. The molecule has 0 aliphatic carbocycles. The average molecular weight is 297 g/mol. The second-order valence-electron chi connectivity index (χ2n) is 4.10. The largest absolute Gasteiger partial charge is 0.461 e. The van der Waals surface area contributed by atoms with Crippen LogP contribution in [0.15, 0.2) is 18.3 Å². The van der Waals surface area contributed by atoms with Gasteiger partial charge in [0.1, 0.15) is 5.65 Å². The lowest BCUT2D eigenvalue weighted by atomic mass is 10.2. The van der Waals surface area contributed by atoms with E-state index in [0.29, 0.717) is 0 Å². The molecule has 21 heavy (non-hydrogen) atoms. The lowest BCUT2D eigenvalue weighted by Crippen LogP contribution is -2.08. The van der Waals surface area contributed by atoms with Crippen molar-refractivity contribution in [2.75, 3.05) is 6.61 Å². The van der Waals surface area contributed by atoms with Crippen LogP contribution in [0.2, 0.25) is 0 Å². The molecule has 5 nitrogen and oxygen atoms in total. The molecule has 0 unspecified atom stereocenters.